The molecule has 0 saturated heterocycles. The molecule has 2 N–H and O–H groups in total. The van der Waals surface area contributed by atoms with Crippen LogP contribution in [0.2, 0.25) is 5.15 Å². The van der Waals surface area contributed by atoms with E-state index in [0.717, 1.165) is 12.1 Å². The standard InChI is InChI=1S/C10H12ClF3N2O2/c1-18-5-7(4-17)15-9-3-6(10(12,13)14)2-8(11)16-9/h2-3,7,17H,4-5H2,1H3,(H,15,16). The highest BCUT2D eigenvalue weighted by atomic mass is 35.5. The molecule has 1 rings (SSSR count). The number of aromatic nitrogens is 1. The summed E-state index contributed by atoms with van der Waals surface area (Å²) in [4.78, 5) is 3.71. The number of anilines is 1. The van der Waals surface area contributed by atoms with Crippen molar-refractivity contribution in [3.05, 3.63) is 22.8 Å². The number of hydrogen-bond donors (Lipinski definition) is 2. The summed E-state index contributed by atoms with van der Waals surface area (Å²) in [7, 11) is 1.41. The van der Waals surface area contributed by atoms with Gasteiger partial charge in [-0.2, -0.15) is 13.2 Å². The van der Waals surface area contributed by atoms with E-state index in [4.69, 9.17) is 21.4 Å². The van der Waals surface area contributed by atoms with Gasteiger partial charge in [0.2, 0.25) is 0 Å². The molecule has 1 unspecified atom stereocenters. The van der Waals surface area contributed by atoms with Crippen molar-refractivity contribution in [2.45, 2.75) is 12.2 Å². The molecule has 1 aromatic heterocycles. The lowest BCUT2D eigenvalue weighted by Gasteiger charge is -2.17. The zero-order chi connectivity index (χ0) is 13.8. The Hall–Kier alpha value is -1.05. The Morgan fingerprint density at radius 3 is 2.67 bits per heavy atom. The van der Waals surface area contributed by atoms with Crippen LogP contribution in [0.1, 0.15) is 5.56 Å². The smallest absolute Gasteiger partial charge is 0.394 e. The molecule has 0 saturated carbocycles. The van der Waals surface area contributed by atoms with Crippen LogP contribution in [0, 0.1) is 0 Å². The van der Waals surface area contributed by atoms with Crippen LogP contribution in [0.3, 0.4) is 0 Å². The maximum absolute atomic E-state index is 12.5. The third-order valence-electron chi connectivity index (χ3n) is 2.06. The Bertz CT molecular complexity index is 401. The molecule has 8 heteroatoms. The lowest BCUT2D eigenvalue weighted by molar-refractivity contribution is -0.137. The van der Waals surface area contributed by atoms with Crippen LogP contribution < -0.4 is 5.32 Å². The van der Waals surface area contributed by atoms with Crippen molar-refractivity contribution < 1.29 is 23.0 Å². The first-order chi connectivity index (χ1) is 8.36. The quantitative estimate of drug-likeness (QED) is 0.814. The van der Waals surface area contributed by atoms with Gasteiger partial charge in [0.25, 0.3) is 0 Å². The van der Waals surface area contributed by atoms with Gasteiger partial charge in [-0.3, -0.25) is 0 Å². The molecule has 0 aliphatic heterocycles. The largest absolute Gasteiger partial charge is 0.416 e. The highest BCUT2D eigenvalue weighted by molar-refractivity contribution is 6.29. The summed E-state index contributed by atoms with van der Waals surface area (Å²) in [6.45, 7) is -0.171. The minimum absolute atomic E-state index is 0.0640. The lowest BCUT2D eigenvalue weighted by Crippen LogP contribution is -2.29. The fraction of sp³-hybridized carbons (Fsp3) is 0.500. The Kier molecular flexibility index (Phi) is 5.18. The van der Waals surface area contributed by atoms with E-state index in [1.54, 1.807) is 0 Å². The van der Waals surface area contributed by atoms with Crippen molar-refractivity contribution >= 4 is 17.4 Å². The number of rotatable bonds is 5. The molecular formula is C10H12ClF3N2O2. The first-order valence-corrected chi connectivity index (χ1v) is 5.35. The van der Waals surface area contributed by atoms with Gasteiger partial charge in [0.15, 0.2) is 0 Å². The maximum Gasteiger partial charge on any atom is 0.416 e. The second-order valence-electron chi connectivity index (χ2n) is 3.54. The van der Waals surface area contributed by atoms with E-state index in [9.17, 15) is 13.2 Å². The van der Waals surface area contributed by atoms with Gasteiger partial charge in [0, 0.05) is 7.11 Å². The summed E-state index contributed by atoms with van der Waals surface area (Å²) in [5.74, 6) is -0.0640. The predicted octanol–water partition coefficient (Wildman–Crippen LogP) is 2.17. The van der Waals surface area contributed by atoms with Gasteiger partial charge in [0.1, 0.15) is 11.0 Å². The van der Waals surface area contributed by atoms with Crippen LogP contribution in [-0.4, -0.2) is 36.5 Å². The summed E-state index contributed by atoms with van der Waals surface area (Å²) in [5.41, 5.74) is -0.904. The molecule has 0 fully saturated rings. The number of pyridine rings is 1. The second-order valence-corrected chi connectivity index (χ2v) is 3.93. The SMILES string of the molecule is COCC(CO)Nc1cc(C(F)(F)F)cc(Cl)n1. The number of nitrogens with one attached hydrogen (secondary N) is 1. The normalized spacial score (nSPS) is 13.4. The van der Waals surface area contributed by atoms with E-state index in [1.807, 2.05) is 0 Å². The number of hydrogen-bond acceptors (Lipinski definition) is 4. The van der Waals surface area contributed by atoms with Gasteiger partial charge in [0.05, 0.1) is 24.8 Å². The molecule has 1 aromatic rings. The van der Waals surface area contributed by atoms with Crippen molar-refractivity contribution in [3.63, 3.8) is 0 Å². The molecule has 0 radical (unpaired) electrons. The van der Waals surface area contributed by atoms with E-state index in [0.29, 0.717) is 0 Å². The minimum Gasteiger partial charge on any atom is -0.394 e. The first-order valence-electron chi connectivity index (χ1n) is 4.98. The molecule has 4 nitrogen and oxygen atoms in total. The zero-order valence-corrected chi connectivity index (χ0v) is 10.2. The summed E-state index contributed by atoms with van der Waals surface area (Å²) in [6, 6.07) is 1.00. The third-order valence-corrected chi connectivity index (χ3v) is 2.26. The minimum atomic E-state index is -4.50. The van der Waals surface area contributed by atoms with Crippen LogP contribution in [0.25, 0.3) is 0 Å². The molecule has 0 aromatic carbocycles. The monoisotopic (exact) mass is 284 g/mol. The summed E-state index contributed by atoms with van der Waals surface area (Å²) >= 11 is 5.51. The molecule has 0 bridgehead atoms. The van der Waals surface area contributed by atoms with Crippen molar-refractivity contribution in [2.24, 2.45) is 0 Å². The van der Waals surface area contributed by atoms with Crippen molar-refractivity contribution in [2.75, 3.05) is 25.6 Å². The molecule has 0 aliphatic rings. The highest BCUT2D eigenvalue weighted by Gasteiger charge is 2.31. The van der Waals surface area contributed by atoms with E-state index in [-0.39, 0.29) is 24.2 Å². The number of nitrogens with zero attached hydrogens (tertiary/aromatic N) is 1. The van der Waals surface area contributed by atoms with Gasteiger partial charge in [-0.1, -0.05) is 11.6 Å². The molecular weight excluding hydrogens is 273 g/mol. The fourth-order valence-electron chi connectivity index (χ4n) is 1.28. The van der Waals surface area contributed by atoms with E-state index >= 15 is 0 Å². The van der Waals surface area contributed by atoms with Crippen molar-refractivity contribution in [1.29, 1.82) is 0 Å². The van der Waals surface area contributed by atoms with Crippen LogP contribution in [-0.2, 0) is 10.9 Å². The number of aliphatic hydroxyl groups is 1. The molecule has 0 aliphatic carbocycles. The van der Waals surface area contributed by atoms with Crippen LogP contribution in [0.15, 0.2) is 12.1 Å². The fourth-order valence-corrected chi connectivity index (χ4v) is 1.49. The summed E-state index contributed by atoms with van der Waals surface area (Å²) in [5, 5.41) is 11.3. The molecule has 1 atom stereocenters. The molecule has 0 amide bonds. The number of alkyl halides is 3. The summed E-state index contributed by atoms with van der Waals surface area (Å²) in [6.07, 6.45) is -4.50. The van der Waals surface area contributed by atoms with Gasteiger partial charge in [-0.15, -0.1) is 0 Å². The number of ether oxygens (including phenoxy) is 1. The van der Waals surface area contributed by atoms with Crippen molar-refractivity contribution in [3.8, 4) is 0 Å². The Balaban J connectivity index is 2.92. The Labute approximate surface area is 107 Å². The maximum atomic E-state index is 12.5. The predicted molar refractivity (Wildman–Crippen MR) is 60.6 cm³/mol. The Morgan fingerprint density at radius 1 is 1.50 bits per heavy atom. The van der Waals surface area contributed by atoms with E-state index in [1.165, 1.54) is 7.11 Å². The van der Waals surface area contributed by atoms with E-state index in [2.05, 4.69) is 10.3 Å². The zero-order valence-electron chi connectivity index (χ0n) is 9.46. The average Bonchev–Trinajstić information content (AvgIpc) is 2.26. The van der Waals surface area contributed by atoms with Gasteiger partial charge >= 0.3 is 6.18 Å². The van der Waals surface area contributed by atoms with Gasteiger partial charge in [-0.05, 0) is 12.1 Å². The van der Waals surface area contributed by atoms with Crippen LogP contribution in [0.4, 0.5) is 19.0 Å². The number of halogens is 4. The third kappa shape index (κ3) is 4.32. The topological polar surface area (TPSA) is 54.4 Å². The molecule has 0 spiro atoms. The number of aliphatic hydroxyl groups excluding tert-OH is 1. The van der Waals surface area contributed by atoms with Gasteiger partial charge < -0.3 is 15.2 Å². The van der Waals surface area contributed by atoms with Crippen LogP contribution in [0.5, 0.6) is 0 Å². The van der Waals surface area contributed by atoms with Crippen molar-refractivity contribution in [1.82, 2.24) is 4.98 Å². The van der Waals surface area contributed by atoms with Crippen LogP contribution >= 0.6 is 11.6 Å². The summed E-state index contributed by atoms with van der Waals surface area (Å²) < 4.78 is 42.4. The Morgan fingerprint density at radius 2 is 2.17 bits per heavy atom. The molecule has 1 heterocycles. The van der Waals surface area contributed by atoms with E-state index < -0.39 is 17.8 Å². The molecule has 102 valence electrons. The van der Waals surface area contributed by atoms with Gasteiger partial charge in [-0.25, -0.2) is 4.98 Å². The first kappa shape index (κ1) is 15.0. The number of methoxy groups -OCH3 is 1. The lowest BCUT2D eigenvalue weighted by atomic mass is 10.2. The second kappa shape index (κ2) is 6.21. The average molecular weight is 285 g/mol. The highest BCUT2D eigenvalue weighted by Crippen LogP contribution is 2.32. The molecule has 18 heavy (non-hydrogen) atoms.